The van der Waals surface area contributed by atoms with Gasteiger partial charge >= 0.3 is 12.0 Å². The highest BCUT2D eigenvalue weighted by atomic mass is 16.5. The van der Waals surface area contributed by atoms with E-state index in [9.17, 15) is 14.4 Å². The van der Waals surface area contributed by atoms with Crippen LogP contribution < -0.4 is 10.6 Å². The third-order valence-electron chi connectivity index (χ3n) is 2.44. The van der Waals surface area contributed by atoms with Gasteiger partial charge in [-0.3, -0.25) is 10.1 Å². The first-order valence-electron chi connectivity index (χ1n) is 5.77. The molecule has 0 saturated carbocycles. The number of carbonyl (C=O) groups excluding carboxylic acids is 3. The van der Waals surface area contributed by atoms with Gasteiger partial charge in [0.05, 0.1) is 0 Å². The monoisotopic (exact) mass is 276 g/mol. The molecule has 0 aliphatic carbocycles. The summed E-state index contributed by atoms with van der Waals surface area (Å²) in [6.45, 7) is -0.566. The van der Waals surface area contributed by atoms with E-state index < -0.39 is 24.5 Å². The highest BCUT2D eigenvalue weighted by Gasteiger charge is 2.15. The lowest BCUT2D eigenvalue weighted by atomic mass is 10.2. The second-order valence-electron chi connectivity index (χ2n) is 3.85. The number of hydrogen-bond acceptors (Lipinski definition) is 5. The summed E-state index contributed by atoms with van der Waals surface area (Å²) in [6.07, 6.45) is 0. The molecule has 1 heterocycles. The molecule has 7 nitrogen and oxygen atoms in total. The number of rotatable bonds is 3. The minimum Gasteiger partial charge on any atom is -0.450 e. The van der Waals surface area contributed by atoms with E-state index >= 15 is 0 Å². The summed E-state index contributed by atoms with van der Waals surface area (Å²) >= 11 is 0. The van der Waals surface area contributed by atoms with Crippen LogP contribution >= 0.6 is 0 Å². The van der Waals surface area contributed by atoms with Crippen molar-refractivity contribution < 1.29 is 23.5 Å². The first-order valence-corrected chi connectivity index (χ1v) is 5.77. The van der Waals surface area contributed by atoms with Crippen molar-refractivity contribution in [2.24, 2.45) is 0 Å². The fourth-order valence-electron chi connectivity index (χ4n) is 1.51. The van der Waals surface area contributed by atoms with Gasteiger partial charge in [-0.1, -0.05) is 18.2 Å². The highest BCUT2D eigenvalue weighted by Crippen LogP contribution is 2.19. The average molecular weight is 276 g/mol. The zero-order valence-electron chi connectivity index (χ0n) is 10.6. The number of urea groups is 1. The fraction of sp³-hybridized carbons (Fsp3) is 0.154. The number of imide groups is 1. The number of furan rings is 1. The van der Waals surface area contributed by atoms with Crippen molar-refractivity contribution in [2.45, 2.75) is 0 Å². The minimum absolute atomic E-state index is 0.000979. The normalized spacial score (nSPS) is 10.1. The number of nitrogens with one attached hydrogen (secondary N) is 2. The Bertz CT molecular complexity index is 629. The Balaban J connectivity index is 1.95. The quantitative estimate of drug-likeness (QED) is 0.816. The Morgan fingerprint density at radius 1 is 1.25 bits per heavy atom. The van der Waals surface area contributed by atoms with Gasteiger partial charge in [0.25, 0.3) is 5.91 Å². The molecule has 0 bridgehead atoms. The maximum absolute atomic E-state index is 11.7. The van der Waals surface area contributed by atoms with Crippen LogP contribution in [0.5, 0.6) is 0 Å². The molecule has 0 aliphatic rings. The van der Waals surface area contributed by atoms with Crippen molar-refractivity contribution in [2.75, 3.05) is 13.7 Å². The summed E-state index contributed by atoms with van der Waals surface area (Å²) in [7, 11) is 1.36. The van der Waals surface area contributed by atoms with Crippen molar-refractivity contribution in [1.29, 1.82) is 0 Å². The fourth-order valence-corrected chi connectivity index (χ4v) is 1.51. The summed E-state index contributed by atoms with van der Waals surface area (Å²) in [6, 6.07) is 7.93. The topological polar surface area (TPSA) is 97.6 Å². The number of para-hydroxylation sites is 1. The van der Waals surface area contributed by atoms with E-state index in [-0.39, 0.29) is 5.76 Å². The highest BCUT2D eigenvalue weighted by molar-refractivity contribution is 5.97. The molecule has 2 aromatic rings. The average Bonchev–Trinajstić information content (AvgIpc) is 2.88. The Hall–Kier alpha value is -2.83. The number of ether oxygens (including phenoxy) is 1. The van der Waals surface area contributed by atoms with Crippen LogP contribution in [0.2, 0.25) is 0 Å². The maximum atomic E-state index is 11.7. The molecular formula is C13H12N2O5. The van der Waals surface area contributed by atoms with Gasteiger partial charge in [0.1, 0.15) is 5.58 Å². The minimum atomic E-state index is -0.770. The van der Waals surface area contributed by atoms with Crippen LogP contribution in [0.3, 0.4) is 0 Å². The van der Waals surface area contributed by atoms with Crippen molar-refractivity contribution >= 4 is 28.9 Å². The lowest BCUT2D eigenvalue weighted by Gasteiger charge is -2.03. The first-order chi connectivity index (χ1) is 9.60. The van der Waals surface area contributed by atoms with Crippen LogP contribution in [0.25, 0.3) is 11.0 Å². The van der Waals surface area contributed by atoms with Crippen LogP contribution in [0.1, 0.15) is 10.6 Å². The maximum Gasteiger partial charge on any atom is 0.374 e. The van der Waals surface area contributed by atoms with E-state index in [2.05, 4.69) is 5.32 Å². The van der Waals surface area contributed by atoms with Crippen LogP contribution in [-0.2, 0) is 9.53 Å². The lowest BCUT2D eigenvalue weighted by Crippen LogP contribution is -2.39. The smallest absolute Gasteiger partial charge is 0.374 e. The Labute approximate surface area is 113 Å². The van der Waals surface area contributed by atoms with Gasteiger partial charge in [-0.25, -0.2) is 9.59 Å². The van der Waals surface area contributed by atoms with E-state index in [0.29, 0.717) is 5.58 Å². The summed E-state index contributed by atoms with van der Waals surface area (Å²) in [4.78, 5) is 33.8. The van der Waals surface area contributed by atoms with E-state index in [1.807, 2.05) is 11.4 Å². The second kappa shape index (κ2) is 5.87. The zero-order chi connectivity index (χ0) is 14.5. The van der Waals surface area contributed by atoms with Crippen LogP contribution in [0.15, 0.2) is 34.7 Å². The molecule has 104 valence electrons. The number of carbonyl (C=O) groups is 3. The van der Waals surface area contributed by atoms with Crippen molar-refractivity contribution in [3.8, 4) is 0 Å². The molecule has 3 amide bonds. The van der Waals surface area contributed by atoms with Gasteiger partial charge in [0.15, 0.2) is 6.61 Å². The summed E-state index contributed by atoms with van der Waals surface area (Å²) < 4.78 is 10.0. The molecule has 0 fully saturated rings. The summed E-state index contributed by atoms with van der Waals surface area (Å²) in [5.74, 6) is -1.50. The van der Waals surface area contributed by atoms with Gasteiger partial charge in [0.2, 0.25) is 5.76 Å². The van der Waals surface area contributed by atoms with Crippen molar-refractivity contribution in [1.82, 2.24) is 10.6 Å². The van der Waals surface area contributed by atoms with Gasteiger partial charge in [-0.05, 0) is 12.1 Å². The molecule has 0 spiro atoms. The zero-order valence-corrected chi connectivity index (χ0v) is 10.6. The number of fused-ring (bicyclic) bond motifs is 1. The number of esters is 1. The van der Waals surface area contributed by atoms with E-state index in [0.717, 1.165) is 5.39 Å². The molecule has 0 atom stereocenters. The van der Waals surface area contributed by atoms with E-state index in [1.165, 1.54) is 13.1 Å². The Morgan fingerprint density at radius 3 is 2.70 bits per heavy atom. The first kappa shape index (κ1) is 13.6. The van der Waals surface area contributed by atoms with Gasteiger partial charge in [-0.15, -0.1) is 0 Å². The lowest BCUT2D eigenvalue weighted by molar-refractivity contribution is -0.123. The van der Waals surface area contributed by atoms with Crippen LogP contribution in [0, 0.1) is 0 Å². The molecule has 7 heteroatoms. The molecule has 2 N–H and O–H groups in total. The molecule has 0 radical (unpaired) electrons. The predicted molar refractivity (Wildman–Crippen MR) is 69.1 cm³/mol. The van der Waals surface area contributed by atoms with E-state index in [1.54, 1.807) is 18.2 Å². The Kier molecular flexibility index (Phi) is 3.99. The summed E-state index contributed by atoms with van der Waals surface area (Å²) in [5.41, 5.74) is 0.550. The van der Waals surface area contributed by atoms with Crippen molar-refractivity contribution in [3.05, 3.63) is 36.1 Å². The molecule has 2 rings (SSSR count). The van der Waals surface area contributed by atoms with Crippen LogP contribution in [0.4, 0.5) is 4.79 Å². The molecule has 0 unspecified atom stereocenters. The van der Waals surface area contributed by atoms with Crippen molar-refractivity contribution in [3.63, 3.8) is 0 Å². The predicted octanol–water partition coefficient (Wildman–Crippen LogP) is 1.05. The SMILES string of the molecule is CNC(=O)NC(=O)COC(=O)c1cc2ccccc2o1. The largest absolute Gasteiger partial charge is 0.450 e. The van der Waals surface area contributed by atoms with E-state index in [4.69, 9.17) is 9.15 Å². The molecule has 1 aromatic heterocycles. The third kappa shape index (κ3) is 3.14. The molecule has 0 saturated heterocycles. The number of hydrogen-bond donors (Lipinski definition) is 2. The molecule has 0 aliphatic heterocycles. The second-order valence-corrected chi connectivity index (χ2v) is 3.85. The molecule has 20 heavy (non-hydrogen) atoms. The van der Waals surface area contributed by atoms with Gasteiger partial charge in [-0.2, -0.15) is 0 Å². The van der Waals surface area contributed by atoms with Gasteiger partial charge in [0, 0.05) is 12.4 Å². The number of benzene rings is 1. The molecule has 1 aromatic carbocycles. The summed E-state index contributed by atoms with van der Waals surface area (Å²) in [5, 5.41) is 4.93. The third-order valence-corrected chi connectivity index (χ3v) is 2.44. The number of amides is 3. The van der Waals surface area contributed by atoms with Gasteiger partial charge < -0.3 is 14.5 Å². The molecular weight excluding hydrogens is 264 g/mol. The van der Waals surface area contributed by atoms with Crippen LogP contribution in [-0.4, -0.2) is 31.6 Å². The Morgan fingerprint density at radius 2 is 2.00 bits per heavy atom. The standard InChI is InChI=1S/C13H12N2O5/c1-14-13(18)15-11(16)7-19-12(17)10-6-8-4-2-3-5-9(8)20-10/h2-6H,7H2,1H3,(H2,14,15,16,18).